The van der Waals surface area contributed by atoms with Crippen LogP contribution in [0.25, 0.3) is 16.9 Å². The van der Waals surface area contributed by atoms with Gasteiger partial charge in [0.25, 0.3) is 11.5 Å². The number of aromatic amines is 1. The highest BCUT2D eigenvalue weighted by Gasteiger charge is 2.22. The Morgan fingerprint density at radius 1 is 1.25 bits per heavy atom. The van der Waals surface area contributed by atoms with Gasteiger partial charge >= 0.3 is 0 Å². The minimum absolute atomic E-state index is 0.205. The van der Waals surface area contributed by atoms with Crippen molar-refractivity contribution in [3.8, 4) is 11.3 Å². The lowest BCUT2D eigenvalue weighted by molar-refractivity contribution is 0.0765. The van der Waals surface area contributed by atoms with Crippen LogP contribution in [0.15, 0.2) is 41.3 Å². The molecule has 0 spiro atoms. The monoisotopic (exact) mass is 438 g/mol. The standard InChI is InChI=1S/C25H31FN4O2/c1-3-17(14-26)16-29(2)25(32)21-15-27-30-23(31)13-22(28-24(21)30)20-11-9-19(10-12-20)18-7-5-4-6-8-18/h9-13,15,17-18,27H,3-8,14,16H2,1-2H3. The Hall–Kier alpha value is -2.96. The van der Waals surface area contributed by atoms with Crippen molar-refractivity contribution in [1.82, 2.24) is 19.5 Å². The third kappa shape index (κ3) is 4.47. The van der Waals surface area contributed by atoms with Crippen molar-refractivity contribution in [2.75, 3.05) is 20.3 Å². The number of aromatic nitrogens is 3. The number of rotatable bonds is 7. The predicted octanol–water partition coefficient (Wildman–Crippen LogP) is 4.81. The number of benzene rings is 1. The van der Waals surface area contributed by atoms with Gasteiger partial charge in [-0.25, -0.2) is 9.50 Å². The normalized spacial score (nSPS) is 15.7. The van der Waals surface area contributed by atoms with Crippen LogP contribution >= 0.6 is 0 Å². The van der Waals surface area contributed by atoms with Gasteiger partial charge in [-0.15, -0.1) is 0 Å². The van der Waals surface area contributed by atoms with E-state index in [1.54, 1.807) is 7.05 Å². The number of H-pyrrole nitrogens is 1. The lowest BCUT2D eigenvalue weighted by Gasteiger charge is -2.22. The molecule has 170 valence electrons. The molecule has 0 radical (unpaired) electrons. The first-order chi connectivity index (χ1) is 15.5. The lowest BCUT2D eigenvalue weighted by Crippen LogP contribution is -2.32. The zero-order chi connectivity index (χ0) is 22.7. The molecule has 0 saturated heterocycles. The summed E-state index contributed by atoms with van der Waals surface area (Å²) < 4.78 is 14.4. The van der Waals surface area contributed by atoms with Crippen LogP contribution in [0.2, 0.25) is 0 Å². The molecule has 0 aliphatic heterocycles. The molecule has 1 aromatic carbocycles. The second-order valence-corrected chi connectivity index (χ2v) is 8.90. The molecule has 3 aromatic rings. The van der Waals surface area contributed by atoms with Crippen molar-refractivity contribution >= 4 is 11.6 Å². The van der Waals surface area contributed by atoms with Crippen molar-refractivity contribution in [2.24, 2.45) is 5.92 Å². The molecule has 1 aliphatic carbocycles. The van der Waals surface area contributed by atoms with Gasteiger partial charge < -0.3 is 4.90 Å². The quantitative estimate of drug-likeness (QED) is 0.576. The molecule has 1 N–H and O–H groups in total. The first-order valence-electron chi connectivity index (χ1n) is 11.5. The third-order valence-electron chi connectivity index (χ3n) is 6.69. The second kappa shape index (κ2) is 9.67. The first-order valence-corrected chi connectivity index (χ1v) is 11.5. The zero-order valence-corrected chi connectivity index (χ0v) is 18.8. The topological polar surface area (TPSA) is 70.5 Å². The number of carbonyl (C=O) groups is 1. The van der Waals surface area contributed by atoms with E-state index in [4.69, 9.17) is 0 Å². The number of halogens is 1. The Balaban J connectivity index is 1.63. The van der Waals surface area contributed by atoms with Gasteiger partial charge in [0.05, 0.1) is 12.4 Å². The molecule has 6 nitrogen and oxygen atoms in total. The van der Waals surface area contributed by atoms with E-state index in [9.17, 15) is 14.0 Å². The van der Waals surface area contributed by atoms with Crippen molar-refractivity contribution < 1.29 is 9.18 Å². The van der Waals surface area contributed by atoms with E-state index in [2.05, 4.69) is 22.2 Å². The van der Waals surface area contributed by atoms with E-state index < -0.39 is 6.67 Å². The maximum absolute atomic E-state index is 13.1. The molecule has 1 saturated carbocycles. The number of alkyl halides is 1. The summed E-state index contributed by atoms with van der Waals surface area (Å²) in [5, 5.41) is 2.82. The second-order valence-electron chi connectivity index (χ2n) is 8.90. The molecule has 1 amide bonds. The summed E-state index contributed by atoms with van der Waals surface area (Å²) in [6, 6.07) is 9.76. The van der Waals surface area contributed by atoms with Gasteiger partial charge in [-0.1, -0.05) is 50.5 Å². The number of fused-ring (bicyclic) bond motifs is 1. The van der Waals surface area contributed by atoms with E-state index in [1.165, 1.54) is 59.3 Å². The molecule has 2 heterocycles. The highest BCUT2D eigenvalue weighted by molar-refractivity contribution is 5.99. The smallest absolute Gasteiger partial charge is 0.273 e. The fraction of sp³-hybridized carbons (Fsp3) is 0.480. The van der Waals surface area contributed by atoms with Crippen LogP contribution in [-0.4, -0.2) is 45.7 Å². The summed E-state index contributed by atoms with van der Waals surface area (Å²) in [5.74, 6) is 0.120. The number of nitrogens with one attached hydrogen (secondary N) is 1. The van der Waals surface area contributed by atoms with Crippen molar-refractivity contribution in [2.45, 2.75) is 51.4 Å². The highest BCUT2D eigenvalue weighted by Crippen LogP contribution is 2.33. The van der Waals surface area contributed by atoms with Crippen LogP contribution in [0.1, 0.15) is 67.3 Å². The van der Waals surface area contributed by atoms with E-state index in [0.29, 0.717) is 30.1 Å². The average Bonchev–Trinajstić information content (AvgIpc) is 3.27. The maximum Gasteiger partial charge on any atom is 0.273 e. The summed E-state index contributed by atoms with van der Waals surface area (Å²) in [6.07, 6.45) is 8.50. The van der Waals surface area contributed by atoms with Gasteiger partial charge in [-0.3, -0.25) is 19.1 Å². The number of amides is 1. The molecular weight excluding hydrogens is 407 g/mol. The van der Waals surface area contributed by atoms with E-state index >= 15 is 0 Å². The van der Waals surface area contributed by atoms with Gasteiger partial charge in [0.15, 0.2) is 5.65 Å². The van der Waals surface area contributed by atoms with E-state index in [0.717, 1.165) is 5.56 Å². The Bertz CT molecular complexity index is 1130. The average molecular weight is 439 g/mol. The molecule has 4 rings (SSSR count). The summed E-state index contributed by atoms with van der Waals surface area (Å²) >= 11 is 0. The summed E-state index contributed by atoms with van der Waals surface area (Å²) in [4.78, 5) is 31.8. The van der Waals surface area contributed by atoms with E-state index in [1.807, 2.05) is 19.1 Å². The van der Waals surface area contributed by atoms with E-state index in [-0.39, 0.29) is 23.0 Å². The molecule has 1 aliphatic rings. The number of hydrogen-bond acceptors (Lipinski definition) is 3. The van der Waals surface area contributed by atoms with Crippen LogP contribution in [-0.2, 0) is 0 Å². The maximum atomic E-state index is 13.1. The van der Waals surface area contributed by atoms with Crippen molar-refractivity contribution in [3.05, 3.63) is 58.0 Å². The molecule has 1 unspecified atom stereocenters. The molecule has 2 aromatic heterocycles. The molecule has 32 heavy (non-hydrogen) atoms. The van der Waals surface area contributed by atoms with Crippen LogP contribution in [0.4, 0.5) is 4.39 Å². The third-order valence-corrected chi connectivity index (χ3v) is 6.69. The first kappa shape index (κ1) is 22.2. The Kier molecular flexibility index (Phi) is 6.72. The summed E-state index contributed by atoms with van der Waals surface area (Å²) in [7, 11) is 1.65. The molecule has 1 fully saturated rings. The van der Waals surface area contributed by atoms with Gasteiger partial charge in [0, 0.05) is 37.3 Å². The minimum atomic E-state index is -0.472. The molecule has 1 atom stereocenters. The molecule has 7 heteroatoms. The summed E-state index contributed by atoms with van der Waals surface area (Å²) in [5.41, 5.74) is 3.03. The van der Waals surface area contributed by atoms with Gasteiger partial charge in [0.2, 0.25) is 0 Å². The van der Waals surface area contributed by atoms with Gasteiger partial charge in [-0.2, -0.15) is 0 Å². The minimum Gasteiger partial charge on any atom is -0.341 e. The Morgan fingerprint density at radius 3 is 2.62 bits per heavy atom. The number of carbonyl (C=O) groups excluding carboxylic acids is 1. The Morgan fingerprint density at radius 2 is 1.97 bits per heavy atom. The number of nitrogens with zero attached hydrogens (tertiary/aromatic N) is 3. The van der Waals surface area contributed by atoms with Crippen molar-refractivity contribution in [3.63, 3.8) is 0 Å². The van der Waals surface area contributed by atoms with Crippen LogP contribution in [0.5, 0.6) is 0 Å². The molecule has 0 bridgehead atoms. The van der Waals surface area contributed by atoms with Crippen LogP contribution in [0, 0.1) is 5.92 Å². The number of hydrogen-bond donors (Lipinski definition) is 1. The molecular formula is C25H31FN4O2. The van der Waals surface area contributed by atoms with Crippen molar-refractivity contribution in [1.29, 1.82) is 0 Å². The van der Waals surface area contributed by atoms with Crippen LogP contribution in [0.3, 0.4) is 0 Å². The van der Waals surface area contributed by atoms with Crippen LogP contribution < -0.4 is 5.56 Å². The fourth-order valence-corrected chi connectivity index (χ4v) is 4.61. The van der Waals surface area contributed by atoms with Gasteiger partial charge in [0.1, 0.15) is 5.56 Å². The fourth-order valence-electron chi connectivity index (χ4n) is 4.61. The predicted molar refractivity (Wildman–Crippen MR) is 124 cm³/mol. The lowest BCUT2D eigenvalue weighted by atomic mass is 9.84. The Labute approximate surface area is 187 Å². The van der Waals surface area contributed by atoms with Gasteiger partial charge in [-0.05, 0) is 30.7 Å². The SMILES string of the molecule is CCC(CF)CN(C)C(=O)c1c[nH]n2c(=O)cc(-c3ccc(C4CCCCC4)cc3)nc12. The largest absolute Gasteiger partial charge is 0.341 e. The zero-order valence-electron chi connectivity index (χ0n) is 18.8. The highest BCUT2D eigenvalue weighted by atomic mass is 19.1. The summed E-state index contributed by atoms with van der Waals surface area (Å²) in [6.45, 7) is 1.75.